The van der Waals surface area contributed by atoms with Crippen molar-refractivity contribution in [2.75, 3.05) is 0 Å². The van der Waals surface area contributed by atoms with Gasteiger partial charge in [-0.25, -0.2) is 10.2 Å². The first-order chi connectivity index (χ1) is 16.6. The monoisotopic (exact) mass is 458 g/mol. The quantitative estimate of drug-likeness (QED) is 0.105. The number of amides is 1. The minimum Gasteiger partial charge on any atom is -0.422 e. The van der Waals surface area contributed by atoms with Crippen LogP contribution in [-0.4, -0.2) is 18.1 Å². The van der Waals surface area contributed by atoms with Gasteiger partial charge in [-0.1, -0.05) is 93.5 Å². The number of nitrogens with zero attached hydrogens (tertiary/aromatic N) is 1. The molecule has 0 fully saturated rings. The van der Waals surface area contributed by atoms with Gasteiger partial charge in [0.15, 0.2) is 0 Å². The minimum atomic E-state index is -0.437. The Balaban J connectivity index is 1.64. The van der Waals surface area contributed by atoms with Crippen molar-refractivity contribution in [2.24, 2.45) is 5.10 Å². The van der Waals surface area contributed by atoms with E-state index in [9.17, 15) is 9.59 Å². The maximum absolute atomic E-state index is 12.7. The lowest BCUT2D eigenvalue weighted by Crippen LogP contribution is -2.17. The first-order valence-corrected chi connectivity index (χ1v) is 12.2. The molecule has 5 nitrogen and oxygen atoms in total. The van der Waals surface area contributed by atoms with E-state index in [2.05, 4.69) is 17.5 Å². The summed E-state index contributed by atoms with van der Waals surface area (Å²) in [5.41, 5.74) is 4.81. The second-order valence-corrected chi connectivity index (χ2v) is 8.62. The van der Waals surface area contributed by atoms with E-state index >= 15 is 0 Å². The molecule has 0 aliphatic heterocycles. The van der Waals surface area contributed by atoms with E-state index in [1.54, 1.807) is 24.4 Å². The van der Waals surface area contributed by atoms with E-state index in [-0.39, 0.29) is 5.91 Å². The summed E-state index contributed by atoms with van der Waals surface area (Å²) in [6, 6.07) is 18.7. The highest BCUT2D eigenvalue weighted by atomic mass is 16.5. The normalized spacial score (nSPS) is 11.1. The molecular weight excluding hydrogens is 424 g/mol. The van der Waals surface area contributed by atoms with E-state index in [0.717, 1.165) is 29.2 Å². The highest BCUT2D eigenvalue weighted by molar-refractivity contribution is 6.04. The maximum Gasteiger partial charge on any atom is 0.343 e. The standard InChI is InChI=1S/C29H34N2O3/c1-3-4-5-6-7-8-9-14-28(32)31-30-21-26-25-13-11-10-12-23(25)19-20-27(26)34-29(33)24-17-15-22(2)16-18-24/h10-13,15-21H,3-9,14H2,1-2H3,(H,31,32). The fourth-order valence-corrected chi connectivity index (χ4v) is 3.81. The van der Waals surface area contributed by atoms with Crippen molar-refractivity contribution in [3.8, 4) is 5.75 Å². The van der Waals surface area contributed by atoms with Gasteiger partial charge in [-0.2, -0.15) is 5.10 Å². The lowest BCUT2D eigenvalue weighted by Gasteiger charge is -2.11. The summed E-state index contributed by atoms with van der Waals surface area (Å²) in [5.74, 6) is -0.148. The molecule has 0 aromatic heterocycles. The van der Waals surface area contributed by atoms with Crippen LogP contribution in [0, 0.1) is 6.92 Å². The van der Waals surface area contributed by atoms with Gasteiger partial charge in [-0.15, -0.1) is 0 Å². The largest absolute Gasteiger partial charge is 0.422 e. The zero-order valence-electron chi connectivity index (χ0n) is 20.2. The van der Waals surface area contributed by atoms with Crippen molar-refractivity contribution in [3.05, 3.63) is 77.4 Å². The van der Waals surface area contributed by atoms with Crippen molar-refractivity contribution in [3.63, 3.8) is 0 Å². The van der Waals surface area contributed by atoms with Gasteiger partial charge < -0.3 is 4.74 Å². The van der Waals surface area contributed by atoms with Gasteiger partial charge in [0.2, 0.25) is 5.91 Å². The van der Waals surface area contributed by atoms with Crippen LogP contribution in [0.3, 0.4) is 0 Å². The van der Waals surface area contributed by atoms with Crippen LogP contribution in [0.1, 0.15) is 79.8 Å². The Morgan fingerprint density at radius 3 is 2.35 bits per heavy atom. The van der Waals surface area contributed by atoms with Crippen molar-refractivity contribution in [2.45, 2.75) is 65.2 Å². The Kier molecular flexibility index (Phi) is 9.83. The second-order valence-electron chi connectivity index (χ2n) is 8.62. The van der Waals surface area contributed by atoms with Crippen molar-refractivity contribution in [1.82, 2.24) is 5.43 Å². The smallest absolute Gasteiger partial charge is 0.343 e. The molecule has 0 saturated carbocycles. The van der Waals surface area contributed by atoms with Crippen LogP contribution in [0.25, 0.3) is 10.8 Å². The van der Waals surface area contributed by atoms with Crippen molar-refractivity contribution >= 4 is 28.9 Å². The predicted octanol–water partition coefficient (Wildman–Crippen LogP) is 6.96. The zero-order chi connectivity index (χ0) is 24.2. The number of aryl methyl sites for hydroxylation is 1. The molecule has 0 aliphatic carbocycles. The van der Waals surface area contributed by atoms with Crippen LogP contribution in [0.5, 0.6) is 5.75 Å². The summed E-state index contributed by atoms with van der Waals surface area (Å²) in [7, 11) is 0. The molecule has 5 heteroatoms. The van der Waals surface area contributed by atoms with Crippen LogP contribution < -0.4 is 10.2 Å². The van der Waals surface area contributed by atoms with Crippen LogP contribution in [0.4, 0.5) is 0 Å². The number of rotatable bonds is 12. The highest BCUT2D eigenvalue weighted by Gasteiger charge is 2.13. The molecule has 0 radical (unpaired) electrons. The average molecular weight is 459 g/mol. The Labute approximate surface area is 202 Å². The zero-order valence-corrected chi connectivity index (χ0v) is 20.2. The fraction of sp³-hybridized carbons (Fsp3) is 0.345. The Bertz CT molecular complexity index is 1120. The molecule has 0 bridgehead atoms. The van der Waals surface area contributed by atoms with Crippen LogP contribution >= 0.6 is 0 Å². The van der Waals surface area contributed by atoms with Gasteiger partial charge in [0, 0.05) is 12.0 Å². The third kappa shape index (κ3) is 7.55. The second kappa shape index (κ2) is 13.3. The van der Waals surface area contributed by atoms with Crippen molar-refractivity contribution in [1.29, 1.82) is 0 Å². The molecule has 3 rings (SSSR count). The topological polar surface area (TPSA) is 67.8 Å². The summed E-state index contributed by atoms with van der Waals surface area (Å²) >= 11 is 0. The third-order valence-corrected chi connectivity index (χ3v) is 5.81. The third-order valence-electron chi connectivity index (χ3n) is 5.81. The molecule has 0 unspecified atom stereocenters. The average Bonchev–Trinajstić information content (AvgIpc) is 2.85. The molecule has 34 heavy (non-hydrogen) atoms. The summed E-state index contributed by atoms with van der Waals surface area (Å²) in [6.07, 6.45) is 10.1. The van der Waals surface area contributed by atoms with Gasteiger partial charge in [-0.3, -0.25) is 4.79 Å². The molecule has 0 saturated heterocycles. The van der Waals surface area contributed by atoms with E-state index in [4.69, 9.17) is 4.74 Å². The molecule has 0 heterocycles. The number of carbonyl (C=O) groups excluding carboxylic acids is 2. The van der Waals surface area contributed by atoms with Gasteiger partial charge in [-0.05, 0) is 42.3 Å². The molecule has 1 N–H and O–H groups in total. The highest BCUT2D eigenvalue weighted by Crippen LogP contribution is 2.27. The van der Waals surface area contributed by atoms with Crippen LogP contribution in [-0.2, 0) is 4.79 Å². The lowest BCUT2D eigenvalue weighted by molar-refractivity contribution is -0.121. The van der Waals surface area contributed by atoms with E-state index in [1.165, 1.54) is 32.1 Å². The number of hydrogen-bond donors (Lipinski definition) is 1. The number of unbranched alkanes of at least 4 members (excludes halogenated alkanes) is 6. The Morgan fingerprint density at radius 1 is 0.882 bits per heavy atom. The first kappa shape index (κ1) is 25.2. The molecule has 0 aliphatic rings. The Morgan fingerprint density at radius 2 is 1.59 bits per heavy atom. The SMILES string of the molecule is CCCCCCCCCC(=O)NN=Cc1c(OC(=O)c2ccc(C)cc2)ccc2ccccc12. The molecule has 0 spiro atoms. The number of carbonyl (C=O) groups is 2. The summed E-state index contributed by atoms with van der Waals surface area (Å²) in [6.45, 7) is 4.18. The van der Waals surface area contributed by atoms with Crippen LogP contribution in [0.2, 0.25) is 0 Å². The number of esters is 1. The summed E-state index contributed by atoms with van der Waals surface area (Å²) in [5, 5.41) is 6.05. The maximum atomic E-state index is 12.7. The summed E-state index contributed by atoms with van der Waals surface area (Å²) in [4.78, 5) is 24.9. The fourth-order valence-electron chi connectivity index (χ4n) is 3.81. The minimum absolute atomic E-state index is 0.108. The van der Waals surface area contributed by atoms with Gasteiger partial charge in [0.1, 0.15) is 5.75 Å². The van der Waals surface area contributed by atoms with Crippen molar-refractivity contribution < 1.29 is 14.3 Å². The van der Waals surface area contributed by atoms with E-state index in [0.29, 0.717) is 23.3 Å². The number of hydrazone groups is 1. The first-order valence-electron chi connectivity index (χ1n) is 12.2. The predicted molar refractivity (Wildman–Crippen MR) is 138 cm³/mol. The summed E-state index contributed by atoms with van der Waals surface area (Å²) < 4.78 is 5.71. The van der Waals surface area contributed by atoms with Crippen LogP contribution in [0.15, 0.2) is 65.8 Å². The van der Waals surface area contributed by atoms with Gasteiger partial charge in [0.05, 0.1) is 11.8 Å². The molecular formula is C29H34N2O3. The molecule has 3 aromatic rings. The molecule has 3 aromatic carbocycles. The van der Waals surface area contributed by atoms with E-state index < -0.39 is 5.97 Å². The Hall–Kier alpha value is -3.47. The lowest BCUT2D eigenvalue weighted by atomic mass is 10.0. The molecule has 178 valence electrons. The number of fused-ring (bicyclic) bond motifs is 1. The molecule has 1 amide bonds. The molecule has 0 atom stereocenters. The number of hydrogen-bond acceptors (Lipinski definition) is 4. The number of benzene rings is 3. The number of ether oxygens (including phenoxy) is 1. The van der Waals surface area contributed by atoms with E-state index in [1.807, 2.05) is 49.4 Å². The van der Waals surface area contributed by atoms with Gasteiger partial charge in [0.25, 0.3) is 0 Å². The van der Waals surface area contributed by atoms with Gasteiger partial charge >= 0.3 is 5.97 Å². The number of nitrogens with one attached hydrogen (secondary N) is 1.